The second kappa shape index (κ2) is 7.80. The number of rotatable bonds is 5. The number of ether oxygens (including phenoxy) is 3. The van der Waals surface area contributed by atoms with Gasteiger partial charge in [0.05, 0.1) is 6.61 Å². The van der Waals surface area contributed by atoms with Gasteiger partial charge in [0.1, 0.15) is 17.4 Å². The van der Waals surface area contributed by atoms with E-state index in [0.717, 1.165) is 47.8 Å². The van der Waals surface area contributed by atoms with Gasteiger partial charge >= 0.3 is 5.63 Å². The fourth-order valence-electron chi connectivity index (χ4n) is 4.07. The van der Waals surface area contributed by atoms with E-state index in [0.29, 0.717) is 24.5 Å². The molecular weight excluding hydrogens is 374 g/mol. The zero-order valence-electron chi connectivity index (χ0n) is 17.1. The first-order valence-electron chi connectivity index (χ1n) is 10.1. The molecule has 1 aliphatic heterocycles. The van der Waals surface area contributed by atoms with Crippen molar-refractivity contribution in [2.75, 3.05) is 19.8 Å². The van der Waals surface area contributed by atoms with E-state index in [1.165, 1.54) is 0 Å². The predicted molar refractivity (Wildman–Crippen MR) is 107 cm³/mol. The lowest BCUT2D eigenvalue weighted by atomic mass is 9.90. The topological polar surface area (TPSA) is 87.0 Å². The maximum Gasteiger partial charge on any atom is 0.339 e. The average Bonchev–Trinajstić information content (AvgIpc) is 3.05. The van der Waals surface area contributed by atoms with Crippen LogP contribution in [0.5, 0.6) is 5.75 Å². The molecule has 0 saturated carbocycles. The number of hydrogen-bond acceptors (Lipinski definition) is 6. The number of fused-ring (bicyclic) bond motifs is 3. The molecule has 0 bridgehead atoms. The third-order valence-electron chi connectivity index (χ3n) is 5.54. The Bertz CT molecular complexity index is 993. The molecule has 1 amide bonds. The van der Waals surface area contributed by atoms with Crippen molar-refractivity contribution >= 4 is 16.9 Å². The van der Waals surface area contributed by atoms with Gasteiger partial charge < -0.3 is 23.9 Å². The molecule has 7 heteroatoms. The zero-order chi connectivity index (χ0) is 20.6. The van der Waals surface area contributed by atoms with Crippen LogP contribution in [0.25, 0.3) is 11.0 Å². The van der Waals surface area contributed by atoms with Crippen LogP contribution >= 0.6 is 0 Å². The van der Waals surface area contributed by atoms with Crippen LogP contribution in [0.15, 0.2) is 21.3 Å². The van der Waals surface area contributed by atoms with Gasteiger partial charge in [-0.3, -0.25) is 4.79 Å². The Labute approximate surface area is 169 Å². The van der Waals surface area contributed by atoms with Crippen molar-refractivity contribution in [2.45, 2.75) is 58.3 Å². The minimum Gasteiger partial charge on any atom is -0.483 e. The molecule has 2 aromatic rings. The summed E-state index contributed by atoms with van der Waals surface area (Å²) >= 11 is 0. The van der Waals surface area contributed by atoms with Crippen molar-refractivity contribution in [1.82, 2.24) is 5.32 Å². The highest BCUT2D eigenvalue weighted by atomic mass is 16.7. The van der Waals surface area contributed by atoms with Crippen LogP contribution in [0.2, 0.25) is 0 Å². The van der Waals surface area contributed by atoms with Crippen LogP contribution in [-0.4, -0.2) is 37.6 Å². The number of aryl methyl sites for hydroxylation is 2. The highest BCUT2D eigenvalue weighted by Crippen LogP contribution is 2.32. The summed E-state index contributed by atoms with van der Waals surface area (Å²) in [5.74, 6) is -0.324. The molecule has 4 rings (SSSR count). The highest BCUT2D eigenvalue weighted by Gasteiger charge is 2.32. The largest absolute Gasteiger partial charge is 0.483 e. The molecule has 1 N–H and O–H groups in total. The van der Waals surface area contributed by atoms with Crippen molar-refractivity contribution in [3.63, 3.8) is 0 Å². The van der Waals surface area contributed by atoms with Gasteiger partial charge in [-0.25, -0.2) is 4.79 Å². The second-order valence-corrected chi connectivity index (χ2v) is 8.16. The predicted octanol–water partition coefficient (Wildman–Crippen LogP) is 2.63. The number of hydrogen-bond donors (Lipinski definition) is 1. The van der Waals surface area contributed by atoms with E-state index in [9.17, 15) is 9.59 Å². The SMILES string of the molecule is Cc1c(OCC(=O)NCC2COC(C)(C)O2)ccc2c3c(c(=O)oc12)CCCC3. The minimum atomic E-state index is -0.614. The quantitative estimate of drug-likeness (QED) is 0.775. The number of nitrogens with one attached hydrogen (secondary N) is 1. The van der Waals surface area contributed by atoms with Crippen LogP contribution in [0.4, 0.5) is 0 Å². The molecule has 7 nitrogen and oxygen atoms in total. The molecule has 1 aromatic carbocycles. The maximum atomic E-state index is 12.4. The summed E-state index contributed by atoms with van der Waals surface area (Å²) in [6, 6.07) is 3.77. The maximum absolute atomic E-state index is 12.4. The van der Waals surface area contributed by atoms with E-state index in [-0.39, 0.29) is 24.2 Å². The Hall–Kier alpha value is -2.38. The summed E-state index contributed by atoms with van der Waals surface area (Å²) in [7, 11) is 0. The Kier molecular flexibility index (Phi) is 5.36. The third kappa shape index (κ3) is 4.16. The summed E-state index contributed by atoms with van der Waals surface area (Å²) in [4.78, 5) is 24.5. The smallest absolute Gasteiger partial charge is 0.339 e. The van der Waals surface area contributed by atoms with Gasteiger partial charge in [0.15, 0.2) is 12.4 Å². The summed E-state index contributed by atoms with van der Waals surface area (Å²) < 4.78 is 22.5. The second-order valence-electron chi connectivity index (χ2n) is 8.16. The molecule has 1 unspecified atom stereocenters. The van der Waals surface area contributed by atoms with E-state index in [1.54, 1.807) is 0 Å². The molecule has 0 radical (unpaired) electrons. The number of amides is 1. The Morgan fingerprint density at radius 2 is 2.00 bits per heavy atom. The van der Waals surface area contributed by atoms with Crippen LogP contribution in [-0.2, 0) is 27.1 Å². The van der Waals surface area contributed by atoms with Crippen molar-refractivity contribution < 1.29 is 23.4 Å². The van der Waals surface area contributed by atoms with Crippen LogP contribution in [0, 0.1) is 6.92 Å². The summed E-state index contributed by atoms with van der Waals surface area (Å²) in [5, 5.41) is 3.76. The number of carbonyl (C=O) groups is 1. The standard InChI is InChI=1S/C22H27NO6/c1-13-18(26-12-19(24)23-10-14-11-27-22(2,3)29-14)9-8-16-15-6-4-5-7-17(15)21(25)28-20(13)16/h8-9,14H,4-7,10-12H2,1-3H3,(H,23,24). The first-order valence-corrected chi connectivity index (χ1v) is 10.1. The minimum absolute atomic E-state index is 0.126. The Balaban J connectivity index is 1.43. The zero-order valence-corrected chi connectivity index (χ0v) is 17.1. The normalized spacial score (nSPS) is 20.4. The molecule has 29 heavy (non-hydrogen) atoms. The lowest BCUT2D eigenvalue weighted by molar-refractivity contribution is -0.139. The summed E-state index contributed by atoms with van der Waals surface area (Å²) in [5.41, 5.74) is 2.92. The van der Waals surface area contributed by atoms with E-state index in [4.69, 9.17) is 18.6 Å². The Morgan fingerprint density at radius 3 is 2.72 bits per heavy atom. The molecule has 2 aliphatic rings. The first kappa shape index (κ1) is 19.9. The first-order chi connectivity index (χ1) is 13.8. The molecule has 1 saturated heterocycles. The third-order valence-corrected chi connectivity index (χ3v) is 5.54. The lowest BCUT2D eigenvalue weighted by Crippen LogP contribution is -2.37. The fraction of sp³-hybridized carbons (Fsp3) is 0.545. The summed E-state index contributed by atoms with van der Waals surface area (Å²) in [6.45, 7) is 6.22. The van der Waals surface area contributed by atoms with Crippen molar-refractivity contribution in [2.24, 2.45) is 0 Å². The van der Waals surface area contributed by atoms with Crippen molar-refractivity contribution in [3.05, 3.63) is 39.2 Å². The van der Waals surface area contributed by atoms with Gasteiger partial charge in [-0.05, 0) is 64.2 Å². The highest BCUT2D eigenvalue weighted by molar-refractivity contribution is 5.86. The molecule has 156 valence electrons. The fourth-order valence-corrected chi connectivity index (χ4v) is 4.07. The average molecular weight is 401 g/mol. The lowest BCUT2D eigenvalue weighted by Gasteiger charge is -2.18. The van der Waals surface area contributed by atoms with E-state index in [1.807, 2.05) is 32.9 Å². The van der Waals surface area contributed by atoms with Crippen molar-refractivity contribution in [3.8, 4) is 5.75 Å². The van der Waals surface area contributed by atoms with Crippen molar-refractivity contribution in [1.29, 1.82) is 0 Å². The molecule has 0 spiro atoms. The van der Waals surface area contributed by atoms with E-state index in [2.05, 4.69) is 5.32 Å². The summed E-state index contributed by atoms with van der Waals surface area (Å²) in [6.07, 6.45) is 3.60. The van der Waals surface area contributed by atoms with Crippen LogP contribution in [0.3, 0.4) is 0 Å². The monoisotopic (exact) mass is 401 g/mol. The molecule has 1 atom stereocenters. The van der Waals surface area contributed by atoms with Gasteiger partial charge in [0, 0.05) is 23.1 Å². The van der Waals surface area contributed by atoms with Gasteiger partial charge in [-0.1, -0.05) is 0 Å². The van der Waals surface area contributed by atoms with Crippen LogP contribution < -0.4 is 15.7 Å². The van der Waals surface area contributed by atoms with E-state index < -0.39 is 5.79 Å². The molecular formula is C22H27NO6. The number of carbonyl (C=O) groups excluding carboxylic acids is 1. The molecule has 1 aromatic heterocycles. The molecule has 1 aliphatic carbocycles. The van der Waals surface area contributed by atoms with Gasteiger partial charge in [0.25, 0.3) is 5.91 Å². The number of benzene rings is 1. The van der Waals surface area contributed by atoms with Gasteiger partial charge in [-0.2, -0.15) is 0 Å². The van der Waals surface area contributed by atoms with Gasteiger partial charge in [0.2, 0.25) is 0 Å². The Morgan fingerprint density at radius 1 is 1.24 bits per heavy atom. The van der Waals surface area contributed by atoms with E-state index >= 15 is 0 Å². The molecule has 1 fully saturated rings. The molecule has 2 heterocycles. The van der Waals surface area contributed by atoms with Gasteiger partial charge in [-0.15, -0.1) is 0 Å². The van der Waals surface area contributed by atoms with Crippen LogP contribution in [0.1, 0.15) is 43.4 Å².